The number of rotatable bonds is 11. The molecule has 0 atom stereocenters. The van der Waals surface area contributed by atoms with Crippen LogP contribution in [0.5, 0.6) is 0 Å². The molecule has 0 unspecified atom stereocenters. The van der Waals surface area contributed by atoms with E-state index in [0.717, 1.165) is 38.5 Å². The summed E-state index contributed by atoms with van der Waals surface area (Å²) < 4.78 is 7.52. The molecule has 1 N–H and O–H groups in total. The van der Waals surface area contributed by atoms with E-state index in [2.05, 4.69) is 19.2 Å². The third-order valence-electron chi connectivity index (χ3n) is 6.07. The molecule has 4 aromatic rings. The summed E-state index contributed by atoms with van der Waals surface area (Å²) in [6.45, 7) is 5.09. The Kier molecular flexibility index (Phi) is 8.54. The number of esters is 1. The lowest BCUT2D eigenvalue weighted by atomic mass is 10.2. The molecule has 0 saturated heterocycles. The number of para-hydroxylation sites is 2. The van der Waals surface area contributed by atoms with Gasteiger partial charge in [0.05, 0.1) is 28.2 Å². The summed E-state index contributed by atoms with van der Waals surface area (Å²) in [6.07, 6.45) is 5.64. The Balaban J connectivity index is 1.86. The molecule has 4 rings (SSSR count). The lowest BCUT2D eigenvalue weighted by Crippen LogP contribution is -2.19. The predicted molar refractivity (Wildman–Crippen MR) is 144 cm³/mol. The first-order valence-electron chi connectivity index (χ1n) is 12.6. The van der Waals surface area contributed by atoms with Crippen molar-refractivity contribution in [3.63, 3.8) is 0 Å². The Hall–Kier alpha value is -3.45. The molecular weight excluding hydrogens is 476 g/mol. The third kappa shape index (κ3) is 5.51. The molecule has 8 heteroatoms. The monoisotopic (exact) mass is 506 g/mol. The minimum Gasteiger partial charge on any atom is -0.462 e. The number of hydrogen-bond acceptors (Lipinski definition) is 5. The summed E-state index contributed by atoms with van der Waals surface area (Å²) >= 11 is 6.29. The van der Waals surface area contributed by atoms with E-state index in [0.29, 0.717) is 51.8 Å². The van der Waals surface area contributed by atoms with Crippen molar-refractivity contribution in [3.8, 4) is 0 Å². The molecule has 7 nitrogen and oxygen atoms in total. The minimum atomic E-state index is -0.524. The van der Waals surface area contributed by atoms with Gasteiger partial charge in [-0.25, -0.2) is 14.8 Å². The van der Waals surface area contributed by atoms with Crippen molar-refractivity contribution in [2.24, 2.45) is 0 Å². The van der Waals surface area contributed by atoms with Crippen molar-refractivity contribution >= 4 is 51.5 Å². The van der Waals surface area contributed by atoms with E-state index in [9.17, 15) is 9.59 Å². The Morgan fingerprint density at radius 2 is 1.58 bits per heavy atom. The van der Waals surface area contributed by atoms with Crippen molar-refractivity contribution < 1.29 is 14.3 Å². The molecule has 0 radical (unpaired) electrons. The Morgan fingerprint density at radius 1 is 0.917 bits per heavy atom. The lowest BCUT2D eigenvalue weighted by Gasteiger charge is -2.13. The van der Waals surface area contributed by atoms with Crippen LogP contribution in [-0.2, 0) is 11.3 Å². The molecule has 0 aliphatic rings. The first-order valence-corrected chi connectivity index (χ1v) is 12.9. The number of fused-ring (bicyclic) bond motifs is 2. The molecule has 188 valence electrons. The summed E-state index contributed by atoms with van der Waals surface area (Å²) in [6, 6.07) is 14.3. The van der Waals surface area contributed by atoms with Crippen molar-refractivity contribution in [2.75, 3.05) is 11.9 Å². The first kappa shape index (κ1) is 25.6. The van der Waals surface area contributed by atoms with Crippen LogP contribution in [-0.4, -0.2) is 33.0 Å². The van der Waals surface area contributed by atoms with Crippen molar-refractivity contribution in [3.05, 3.63) is 64.7 Å². The maximum absolute atomic E-state index is 13.4. The van der Waals surface area contributed by atoms with Crippen LogP contribution in [0.15, 0.2) is 48.5 Å². The van der Waals surface area contributed by atoms with Gasteiger partial charge in [-0.05, 0) is 37.1 Å². The number of ether oxygens (including phenoxy) is 1. The number of carbonyl (C=O) groups is 2. The third-order valence-corrected chi connectivity index (χ3v) is 6.40. The number of halogens is 1. The summed E-state index contributed by atoms with van der Waals surface area (Å²) in [4.78, 5) is 36.4. The van der Waals surface area contributed by atoms with Crippen molar-refractivity contribution in [1.82, 2.24) is 14.5 Å². The van der Waals surface area contributed by atoms with Gasteiger partial charge in [-0.3, -0.25) is 4.79 Å². The second-order valence-corrected chi connectivity index (χ2v) is 9.15. The zero-order valence-electron chi connectivity index (χ0n) is 20.7. The van der Waals surface area contributed by atoms with Gasteiger partial charge >= 0.3 is 5.97 Å². The number of carbonyl (C=O) groups excluding carboxylic acids is 2. The Labute approximate surface area is 215 Å². The van der Waals surface area contributed by atoms with Crippen LogP contribution >= 0.6 is 11.6 Å². The number of nitrogens with zero attached hydrogens (tertiary/aromatic N) is 3. The number of hydrogen-bond donors (Lipinski definition) is 1. The van der Waals surface area contributed by atoms with Gasteiger partial charge in [-0.15, -0.1) is 0 Å². The second-order valence-electron chi connectivity index (χ2n) is 8.74. The molecule has 2 aromatic heterocycles. The molecule has 2 aromatic carbocycles. The van der Waals surface area contributed by atoms with E-state index in [1.165, 1.54) is 0 Å². The van der Waals surface area contributed by atoms with Gasteiger partial charge < -0.3 is 14.6 Å². The van der Waals surface area contributed by atoms with Crippen LogP contribution in [0, 0.1) is 0 Å². The Bertz CT molecular complexity index is 1380. The van der Waals surface area contributed by atoms with Crippen LogP contribution in [0.3, 0.4) is 0 Å². The molecule has 1 amide bonds. The Morgan fingerprint density at radius 3 is 2.31 bits per heavy atom. The molecular formula is C28H31ClN4O3. The van der Waals surface area contributed by atoms with Gasteiger partial charge in [0.15, 0.2) is 5.65 Å². The summed E-state index contributed by atoms with van der Waals surface area (Å²) in [5.74, 6) is -0.601. The van der Waals surface area contributed by atoms with Gasteiger partial charge in [0.1, 0.15) is 16.9 Å². The number of benzene rings is 2. The van der Waals surface area contributed by atoms with Crippen LogP contribution in [0.1, 0.15) is 73.1 Å². The number of aryl methyl sites for hydroxylation is 1. The molecule has 0 aliphatic carbocycles. The molecule has 0 fully saturated rings. The SMILES string of the molecule is CCCCCOC(=O)c1c(NC(=O)c2ccccc2Cl)n(CCCCC)c2nc3ccccc3nc12. The summed E-state index contributed by atoms with van der Waals surface area (Å²) in [7, 11) is 0. The zero-order chi connectivity index (χ0) is 25.5. The quantitative estimate of drug-likeness (QED) is 0.174. The van der Waals surface area contributed by atoms with E-state index in [4.69, 9.17) is 26.3 Å². The molecule has 0 saturated carbocycles. The van der Waals surface area contributed by atoms with E-state index < -0.39 is 11.9 Å². The van der Waals surface area contributed by atoms with Gasteiger partial charge in [0.25, 0.3) is 5.91 Å². The fourth-order valence-corrected chi connectivity index (χ4v) is 4.39. The fraction of sp³-hybridized carbons (Fsp3) is 0.357. The molecule has 0 spiro atoms. The van der Waals surface area contributed by atoms with Gasteiger partial charge in [0, 0.05) is 6.54 Å². The van der Waals surface area contributed by atoms with Crippen molar-refractivity contribution in [2.45, 2.75) is 58.9 Å². The second kappa shape index (κ2) is 12.0. The van der Waals surface area contributed by atoms with E-state index in [1.54, 1.807) is 24.3 Å². The van der Waals surface area contributed by atoms with Crippen LogP contribution < -0.4 is 5.32 Å². The average molecular weight is 507 g/mol. The summed E-state index contributed by atoms with van der Waals surface area (Å²) in [5, 5.41) is 3.28. The maximum atomic E-state index is 13.4. The number of amides is 1. The number of aromatic nitrogens is 3. The highest BCUT2D eigenvalue weighted by atomic mass is 35.5. The number of unbranched alkanes of at least 4 members (excludes halogenated alkanes) is 4. The zero-order valence-corrected chi connectivity index (χ0v) is 21.5. The largest absolute Gasteiger partial charge is 0.462 e. The van der Waals surface area contributed by atoms with Crippen LogP contribution in [0.4, 0.5) is 5.82 Å². The van der Waals surface area contributed by atoms with E-state index >= 15 is 0 Å². The normalized spacial score (nSPS) is 11.2. The molecule has 2 heterocycles. The maximum Gasteiger partial charge on any atom is 0.344 e. The van der Waals surface area contributed by atoms with Gasteiger partial charge in [0.2, 0.25) is 0 Å². The number of nitrogens with one attached hydrogen (secondary N) is 1. The standard InChI is InChI=1S/C28H31ClN4O3/c1-3-5-11-17-33-25(32-27(34)19-13-7-8-14-20(19)29)23(28(35)36-18-12-6-4-2)24-26(33)31-22-16-10-9-15-21(22)30-24/h7-10,13-16H,3-6,11-12,17-18H2,1-2H3,(H,32,34). The molecule has 36 heavy (non-hydrogen) atoms. The number of anilines is 1. The average Bonchev–Trinajstić information content (AvgIpc) is 3.17. The lowest BCUT2D eigenvalue weighted by molar-refractivity contribution is 0.0501. The predicted octanol–water partition coefficient (Wildman–Crippen LogP) is 7.03. The van der Waals surface area contributed by atoms with Crippen LogP contribution in [0.25, 0.3) is 22.2 Å². The topological polar surface area (TPSA) is 86.1 Å². The smallest absolute Gasteiger partial charge is 0.344 e. The van der Waals surface area contributed by atoms with Gasteiger partial charge in [-0.2, -0.15) is 0 Å². The highest BCUT2D eigenvalue weighted by Crippen LogP contribution is 2.32. The molecule has 0 bridgehead atoms. The highest BCUT2D eigenvalue weighted by Gasteiger charge is 2.28. The molecule has 0 aliphatic heterocycles. The van der Waals surface area contributed by atoms with E-state index in [1.807, 2.05) is 28.8 Å². The summed E-state index contributed by atoms with van der Waals surface area (Å²) in [5.41, 5.74) is 2.88. The fourth-order valence-electron chi connectivity index (χ4n) is 4.17. The van der Waals surface area contributed by atoms with Crippen molar-refractivity contribution in [1.29, 1.82) is 0 Å². The van der Waals surface area contributed by atoms with Gasteiger partial charge in [-0.1, -0.05) is 75.4 Å². The highest BCUT2D eigenvalue weighted by molar-refractivity contribution is 6.34. The minimum absolute atomic E-state index is 0.219. The first-order chi connectivity index (χ1) is 17.5. The van der Waals surface area contributed by atoms with Crippen LogP contribution in [0.2, 0.25) is 5.02 Å². The van der Waals surface area contributed by atoms with E-state index in [-0.39, 0.29) is 5.56 Å².